The van der Waals surface area contributed by atoms with Crippen molar-refractivity contribution in [2.45, 2.75) is 25.3 Å². The molecule has 4 nitrogen and oxygen atoms in total. The number of hydrogen-bond donors (Lipinski definition) is 2. The Morgan fingerprint density at radius 3 is 3.06 bits per heavy atom. The van der Waals surface area contributed by atoms with Crippen LogP contribution in [-0.2, 0) is 0 Å². The van der Waals surface area contributed by atoms with Gasteiger partial charge in [0.15, 0.2) is 5.69 Å². The molecule has 0 saturated carbocycles. The van der Waals surface area contributed by atoms with Gasteiger partial charge in [-0.25, -0.2) is 4.98 Å². The number of carbonyl (C=O) groups excluding carboxylic acids is 1. The van der Waals surface area contributed by atoms with E-state index < -0.39 is 0 Å². The molecule has 0 radical (unpaired) electrons. The number of pyridine rings is 1. The molecule has 4 heteroatoms. The molecule has 0 bridgehead atoms. The van der Waals surface area contributed by atoms with Crippen LogP contribution in [0.25, 0.3) is 0 Å². The van der Waals surface area contributed by atoms with E-state index >= 15 is 0 Å². The number of aromatic nitrogens is 1. The minimum Gasteiger partial charge on any atom is -0.505 e. The van der Waals surface area contributed by atoms with Crippen molar-refractivity contribution in [3.8, 4) is 5.75 Å². The molecule has 1 aromatic heterocycles. The van der Waals surface area contributed by atoms with Crippen LogP contribution >= 0.6 is 0 Å². The Bertz CT molecular complexity index is 415. The quantitative estimate of drug-likeness (QED) is 0.741. The van der Waals surface area contributed by atoms with Gasteiger partial charge in [0.1, 0.15) is 5.75 Å². The Morgan fingerprint density at radius 1 is 1.50 bits per heavy atom. The Hall–Kier alpha value is -1.84. The summed E-state index contributed by atoms with van der Waals surface area (Å²) in [5.74, 6) is -0.384. The number of rotatable bonds is 2. The van der Waals surface area contributed by atoms with E-state index in [1.807, 2.05) is 0 Å². The Kier molecular flexibility index (Phi) is 3.19. The third kappa shape index (κ3) is 2.39. The van der Waals surface area contributed by atoms with Crippen LogP contribution < -0.4 is 5.32 Å². The molecule has 16 heavy (non-hydrogen) atoms. The lowest BCUT2D eigenvalue weighted by Gasteiger charge is -2.19. The first-order valence-electron chi connectivity index (χ1n) is 5.37. The molecule has 1 aliphatic carbocycles. The molecule has 0 spiro atoms. The predicted octanol–water partition coefficient (Wildman–Crippen LogP) is 1.63. The van der Waals surface area contributed by atoms with Crippen LogP contribution in [0.2, 0.25) is 0 Å². The molecule has 1 heterocycles. The second-order valence-electron chi connectivity index (χ2n) is 3.83. The topological polar surface area (TPSA) is 62.2 Å². The number of carbonyl (C=O) groups is 1. The summed E-state index contributed by atoms with van der Waals surface area (Å²) in [6.45, 7) is 0. The third-order valence-corrected chi connectivity index (χ3v) is 2.61. The molecular formula is C12H14N2O2. The zero-order valence-electron chi connectivity index (χ0n) is 8.89. The van der Waals surface area contributed by atoms with Crippen molar-refractivity contribution in [1.82, 2.24) is 10.3 Å². The minimum atomic E-state index is -0.307. The maximum Gasteiger partial charge on any atom is 0.273 e. The highest BCUT2D eigenvalue weighted by molar-refractivity contribution is 5.94. The van der Waals surface area contributed by atoms with E-state index in [2.05, 4.69) is 22.5 Å². The van der Waals surface area contributed by atoms with Gasteiger partial charge >= 0.3 is 0 Å². The van der Waals surface area contributed by atoms with Gasteiger partial charge in [-0.2, -0.15) is 0 Å². The van der Waals surface area contributed by atoms with Gasteiger partial charge in [0.25, 0.3) is 5.91 Å². The lowest BCUT2D eigenvalue weighted by Crippen LogP contribution is -2.35. The third-order valence-electron chi connectivity index (χ3n) is 2.61. The normalized spacial score (nSPS) is 19.4. The predicted molar refractivity (Wildman–Crippen MR) is 60.1 cm³/mol. The summed E-state index contributed by atoms with van der Waals surface area (Å²) >= 11 is 0. The van der Waals surface area contributed by atoms with E-state index in [0.29, 0.717) is 0 Å². The van der Waals surface area contributed by atoms with Crippen molar-refractivity contribution in [2.24, 2.45) is 0 Å². The largest absolute Gasteiger partial charge is 0.505 e. The SMILES string of the molecule is O=C(NC1CC=CCC1)c1ncccc1O. The maximum absolute atomic E-state index is 11.8. The highest BCUT2D eigenvalue weighted by atomic mass is 16.3. The summed E-state index contributed by atoms with van der Waals surface area (Å²) in [5.41, 5.74) is 0.0945. The van der Waals surface area contributed by atoms with Gasteiger partial charge in [0.2, 0.25) is 0 Å². The van der Waals surface area contributed by atoms with E-state index in [1.54, 1.807) is 6.07 Å². The molecule has 0 fully saturated rings. The van der Waals surface area contributed by atoms with Crippen LogP contribution in [0, 0.1) is 0 Å². The number of nitrogens with one attached hydrogen (secondary N) is 1. The molecule has 1 amide bonds. The van der Waals surface area contributed by atoms with Gasteiger partial charge in [0.05, 0.1) is 0 Å². The first kappa shape index (κ1) is 10.7. The summed E-state index contributed by atoms with van der Waals surface area (Å²) < 4.78 is 0. The summed E-state index contributed by atoms with van der Waals surface area (Å²) in [6.07, 6.45) is 8.44. The van der Waals surface area contributed by atoms with Crippen LogP contribution in [0.3, 0.4) is 0 Å². The molecule has 1 aliphatic rings. The van der Waals surface area contributed by atoms with Crippen LogP contribution in [0.5, 0.6) is 5.75 Å². The van der Waals surface area contributed by atoms with E-state index in [9.17, 15) is 9.90 Å². The summed E-state index contributed by atoms with van der Waals surface area (Å²) in [6, 6.07) is 3.21. The molecule has 0 aromatic carbocycles. The van der Waals surface area contributed by atoms with Crippen LogP contribution in [0.1, 0.15) is 29.8 Å². The first-order chi connectivity index (χ1) is 7.77. The standard InChI is InChI=1S/C12H14N2O2/c15-10-7-4-8-13-11(10)12(16)14-9-5-2-1-3-6-9/h1-2,4,7-9,15H,3,5-6H2,(H,14,16). The van der Waals surface area contributed by atoms with Gasteiger partial charge in [-0.15, -0.1) is 0 Å². The number of allylic oxidation sites excluding steroid dienone is 1. The second kappa shape index (κ2) is 4.79. The van der Waals surface area contributed by atoms with Gasteiger partial charge < -0.3 is 10.4 Å². The van der Waals surface area contributed by atoms with Gasteiger partial charge in [0, 0.05) is 12.2 Å². The Morgan fingerprint density at radius 2 is 2.38 bits per heavy atom. The molecule has 1 aromatic rings. The van der Waals surface area contributed by atoms with Crippen molar-refractivity contribution in [3.63, 3.8) is 0 Å². The smallest absolute Gasteiger partial charge is 0.273 e. The van der Waals surface area contributed by atoms with Crippen molar-refractivity contribution < 1.29 is 9.90 Å². The fourth-order valence-corrected chi connectivity index (χ4v) is 1.75. The average molecular weight is 218 g/mol. The van der Waals surface area contributed by atoms with Gasteiger partial charge in [-0.1, -0.05) is 12.2 Å². The van der Waals surface area contributed by atoms with E-state index in [1.165, 1.54) is 12.3 Å². The minimum absolute atomic E-state index is 0.0775. The van der Waals surface area contributed by atoms with Crippen LogP contribution in [-0.4, -0.2) is 22.0 Å². The summed E-state index contributed by atoms with van der Waals surface area (Å²) in [4.78, 5) is 15.6. The molecule has 2 rings (SSSR count). The second-order valence-corrected chi connectivity index (χ2v) is 3.83. The lowest BCUT2D eigenvalue weighted by atomic mass is 10.0. The zero-order valence-corrected chi connectivity index (χ0v) is 8.89. The highest BCUT2D eigenvalue weighted by Crippen LogP contribution is 2.15. The number of nitrogens with zero attached hydrogens (tertiary/aromatic N) is 1. The van der Waals surface area contributed by atoms with E-state index in [0.717, 1.165) is 19.3 Å². The maximum atomic E-state index is 11.8. The molecule has 2 N–H and O–H groups in total. The number of aromatic hydroxyl groups is 1. The van der Waals surface area contributed by atoms with Crippen LogP contribution in [0.4, 0.5) is 0 Å². The Balaban J connectivity index is 2.03. The number of hydrogen-bond acceptors (Lipinski definition) is 3. The van der Waals surface area contributed by atoms with E-state index in [-0.39, 0.29) is 23.4 Å². The molecule has 0 aliphatic heterocycles. The monoisotopic (exact) mass is 218 g/mol. The molecule has 84 valence electrons. The van der Waals surface area contributed by atoms with Crippen molar-refractivity contribution in [2.75, 3.05) is 0 Å². The van der Waals surface area contributed by atoms with Crippen molar-refractivity contribution in [1.29, 1.82) is 0 Å². The molecule has 1 atom stereocenters. The summed E-state index contributed by atoms with van der Waals surface area (Å²) in [5, 5.41) is 12.3. The molecular weight excluding hydrogens is 204 g/mol. The van der Waals surface area contributed by atoms with Crippen LogP contribution in [0.15, 0.2) is 30.5 Å². The zero-order chi connectivity index (χ0) is 11.4. The molecule has 1 unspecified atom stereocenters. The average Bonchev–Trinajstić information content (AvgIpc) is 2.31. The highest BCUT2D eigenvalue weighted by Gasteiger charge is 2.17. The fourth-order valence-electron chi connectivity index (χ4n) is 1.75. The van der Waals surface area contributed by atoms with Gasteiger partial charge in [-0.05, 0) is 31.4 Å². The first-order valence-corrected chi connectivity index (χ1v) is 5.37. The van der Waals surface area contributed by atoms with Gasteiger partial charge in [-0.3, -0.25) is 4.79 Å². The van der Waals surface area contributed by atoms with Crippen molar-refractivity contribution in [3.05, 3.63) is 36.2 Å². The van der Waals surface area contributed by atoms with E-state index in [4.69, 9.17) is 0 Å². The lowest BCUT2D eigenvalue weighted by molar-refractivity contribution is 0.0926. The molecule has 0 saturated heterocycles. The fraction of sp³-hybridized carbons (Fsp3) is 0.333. The number of amides is 1. The van der Waals surface area contributed by atoms with Crippen molar-refractivity contribution >= 4 is 5.91 Å². The summed E-state index contributed by atoms with van der Waals surface area (Å²) in [7, 11) is 0. The Labute approximate surface area is 94.0 Å².